The third kappa shape index (κ3) is 2.98. The fraction of sp³-hybridized carbons (Fsp3) is 0.615. The van der Waals surface area contributed by atoms with Gasteiger partial charge in [0, 0.05) is 36.1 Å². The minimum atomic E-state index is 0.546. The normalized spacial score (nSPS) is 18.1. The molecule has 0 saturated heterocycles. The standard InChI is InChI=1S/C13H20N2S/c1-16-13(7-4-8-13)11-14-10-6-12-5-2-3-9-15-12/h2-3,5,9,14H,4,6-8,10-11H2,1H3. The summed E-state index contributed by atoms with van der Waals surface area (Å²) < 4.78 is 0.546. The molecular formula is C13H20N2S. The lowest BCUT2D eigenvalue weighted by Crippen LogP contribution is -2.43. The summed E-state index contributed by atoms with van der Waals surface area (Å²) in [4.78, 5) is 4.32. The second kappa shape index (κ2) is 5.69. The SMILES string of the molecule is CSC1(CNCCc2ccccn2)CCC1. The molecule has 0 unspecified atom stereocenters. The predicted molar refractivity (Wildman–Crippen MR) is 70.9 cm³/mol. The molecule has 0 aromatic carbocycles. The Bertz CT molecular complexity index is 303. The van der Waals surface area contributed by atoms with E-state index in [0.29, 0.717) is 4.75 Å². The average molecular weight is 236 g/mol. The highest BCUT2D eigenvalue weighted by atomic mass is 32.2. The Balaban J connectivity index is 1.65. The van der Waals surface area contributed by atoms with E-state index in [4.69, 9.17) is 0 Å². The summed E-state index contributed by atoms with van der Waals surface area (Å²) in [7, 11) is 0. The number of thioether (sulfide) groups is 1. The number of pyridine rings is 1. The Morgan fingerprint density at radius 2 is 2.31 bits per heavy atom. The van der Waals surface area contributed by atoms with Crippen LogP contribution in [0.2, 0.25) is 0 Å². The lowest BCUT2D eigenvalue weighted by Gasteiger charge is -2.40. The average Bonchev–Trinajstić information content (AvgIpc) is 2.29. The number of hydrogen-bond donors (Lipinski definition) is 1. The maximum Gasteiger partial charge on any atom is 0.0416 e. The van der Waals surface area contributed by atoms with Crippen LogP contribution >= 0.6 is 11.8 Å². The topological polar surface area (TPSA) is 24.9 Å². The van der Waals surface area contributed by atoms with E-state index in [-0.39, 0.29) is 0 Å². The van der Waals surface area contributed by atoms with Crippen LogP contribution in [0.15, 0.2) is 24.4 Å². The largest absolute Gasteiger partial charge is 0.315 e. The second-order valence-electron chi connectivity index (χ2n) is 4.49. The molecule has 2 nitrogen and oxygen atoms in total. The Hall–Kier alpha value is -0.540. The second-order valence-corrected chi connectivity index (χ2v) is 5.76. The summed E-state index contributed by atoms with van der Waals surface area (Å²) >= 11 is 2.03. The predicted octanol–water partition coefficient (Wildman–Crippen LogP) is 2.50. The van der Waals surface area contributed by atoms with Crippen molar-refractivity contribution < 1.29 is 0 Å². The maximum absolute atomic E-state index is 4.32. The van der Waals surface area contributed by atoms with Crippen LogP contribution in [0.25, 0.3) is 0 Å². The van der Waals surface area contributed by atoms with Crippen molar-refractivity contribution in [1.29, 1.82) is 0 Å². The van der Waals surface area contributed by atoms with Gasteiger partial charge in [0.1, 0.15) is 0 Å². The van der Waals surface area contributed by atoms with Gasteiger partial charge in [0.05, 0.1) is 0 Å². The van der Waals surface area contributed by atoms with Crippen molar-refractivity contribution in [3.63, 3.8) is 0 Å². The van der Waals surface area contributed by atoms with Crippen molar-refractivity contribution in [2.75, 3.05) is 19.3 Å². The molecule has 1 aromatic rings. The zero-order valence-corrected chi connectivity index (χ0v) is 10.7. The van der Waals surface area contributed by atoms with E-state index in [0.717, 1.165) is 19.5 Å². The quantitative estimate of drug-likeness (QED) is 0.768. The van der Waals surface area contributed by atoms with Gasteiger partial charge in [-0.05, 0) is 31.2 Å². The molecule has 1 heterocycles. The molecule has 16 heavy (non-hydrogen) atoms. The first kappa shape index (κ1) is 11.9. The molecule has 1 aromatic heterocycles. The van der Waals surface area contributed by atoms with Crippen molar-refractivity contribution in [1.82, 2.24) is 10.3 Å². The van der Waals surface area contributed by atoms with Crippen LogP contribution in [-0.4, -0.2) is 29.1 Å². The van der Waals surface area contributed by atoms with Gasteiger partial charge in [-0.1, -0.05) is 12.5 Å². The van der Waals surface area contributed by atoms with Crippen LogP contribution in [0.1, 0.15) is 25.0 Å². The van der Waals surface area contributed by atoms with Gasteiger partial charge in [0.25, 0.3) is 0 Å². The van der Waals surface area contributed by atoms with Gasteiger partial charge < -0.3 is 5.32 Å². The van der Waals surface area contributed by atoms with Gasteiger partial charge in [-0.25, -0.2) is 0 Å². The molecule has 0 bridgehead atoms. The molecule has 1 saturated carbocycles. The van der Waals surface area contributed by atoms with Crippen LogP contribution in [0.4, 0.5) is 0 Å². The summed E-state index contributed by atoms with van der Waals surface area (Å²) in [6.07, 6.45) is 9.30. The Kier molecular flexibility index (Phi) is 4.24. The molecular weight excluding hydrogens is 216 g/mol. The van der Waals surface area contributed by atoms with Crippen LogP contribution in [0, 0.1) is 0 Å². The van der Waals surface area contributed by atoms with Gasteiger partial charge >= 0.3 is 0 Å². The highest BCUT2D eigenvalue weighted by molar-refractivity contribution is 8.00. The Labute approximate surface area is 102 Å². The van der Waals surface area contributed by atoms with Crippen LogP contribution in [0.3, 0.4) is 0 Å². The molecule has 2 rings (SSSR count). The molecule has 0 spiro atoms. The molecule has 0 aliphatic heterocycles. The van der Waals surface area contributed by atoms with Crippen molar-refractivity contribution in [3.8, 4) is 0 Å². The lowest BCUT2D eigenvalue weighted by atomic mass is 9.84. The monoisotopic (exact) mass is 236 g/mol. The van der Waals surface area contributed by atoms with Crippen molar-refractivity contribution in [2.45, 2.75) is 30.4 Å². The molecule has 1 aliphatic rings. The van der Waals surface area contributed by atoms with Crippen molar-refractivity contribution in [2.24, 2.45) is 0 Å². The Morgan fingerprint density at radius 3 is 2.88 bits per heavy atom. The lowest BCUT2D eigenvalue weighted by molar-refractivity contribution is 0.347. The molecule has 1 aliphatic carbocycles. The van der Waals surface area contributed by atoms with E-state index in [1.807, 2.05) is 24.0 Å². The first-order valence-electron chi connectivity index (χ1n) is 6.00. The van der Waals surface area contributed by atoms with Gasteiger partial charge in [-0.2, -0.15) is 11.8 Å². The number of aromatic nitrogens is 1. The molecule has 1 fully saturated rings. The highest BCUT2D eigenvalue weighted by Crippen LogP contribution is 2.42. The fourth-order valence-electron chi connectivity index (χ4n) is 2.10. The molecule has 88 valence electrons. The van der Waals surface area contributed by atoms with Gasteiger partial charge in [-0.3, -0.25) is 4.98 Å². The minimum Gasteiger partial charge on any atom is -0.315 e. The van der Waals surface area contributed by atoms with Crippen LogP contribution < -0.4 is 5.32 Å². The minimum absolute atomic E-state index is 0.546. The zero-order chi connectivity index (χ0) is 11.3. The molecule has 0 radical (unpaired) electrons. The van der Waals surface area contributed by atoms with Crippen molar-refractivity contribution in [3.05, 3.63) is 30.1 Å². The molecule has 3 heteroatoms. The van der Waals surface area contributed by atoms with E-state index < -0.39 is 0 Å². The van der Waals surface area contributed by atoms with Gasteiger partial charge in [0.2, 0.25) is 0 Å². The number of rotatable bonds is 6. The van der Waals surface area contributed by atoms with E-state index in [1.165, 1.54) is 25.0 Å². The van der Waals surface area contributed by atoms with E-state index in [2.05, 4.69) is 28.7 Å². The maximum atomic E-state index is 4.32. The molecule has 1 N–H and O–H groups in total. The fourth-order valence-corrected chi connectivity index (χ4v) is 3.05. The van der Waals surface area contributed by atoms with Crippen LogP contribution in [-0.2, 0) is 6.42 Å². The summed E-state index contributed by atoms with van der Waals surface area (Å²) in [5, 5.41) is 3.57. The summed E-state index contributed by atoms with van der Waals surface area (Å²) in [6.45, 7) is 2.19. The first-order valence-corrected chi connectivity index (χ1v) is 7.23. The van der Waals surface area contributed by atoms with E-state index in [1.54, 1.807) is 0 Å². The number of hydrogen-bond acceptors (Lipinski definition) is 3. The summed E-state index contributed by atoms with van der Waals surface area (Å²) in [5.74, 6) is 0. The summed E-state index contributed by atoms with van der Waals surface area (Å²) in [5.41, 5.74) is 1.18. The Morgan fingerprint density at radius 1 is 1.44 bits per heavy atom. The van der Waals surface area contributed by atoms with Crippen molar-refractivity contribution >= 4 is 11.8 Å². The number of nitrogens with one attached hydrogen (secondary N) is 1. The molecule has 0 atom stereocenters. The van der Waals surface area contributed by atoms with E-state index >= 15 is 0 Å². The number of nitrogens with zero attached hydrogens (tertiary/aromatic N) is 1. The first-order chi connectivity index (χ1) is 7.85. The highest BCUT2D eigenvalue weighted by Gasteiger charge is 2.35. The summed E-state index contributed by atoms with van der Waals surface area (Å²) in [6, 6.07) is 6.11. The smallest absolute Gasteiger partial charge is 0.0416 e. The van der Waals surface area contributed by atoms with Gasteiger partial charge in [-0.15, -0.1) is 0 Å². The third-order valence-corrected chi connectivity index (χ3v) is 4.85. The third-order valence-electron chi connectivity index (χ3n) is 3.43. The van der Waals surface area contributed by atoms with Gasteiger partial charge in [0.15, 0.2) is 0 Å². The zero-order valence-electron chi connectivity index (χ0n) is 9.91. The van der Waals surface area contributed by atoms with E-state index in [9.17, 15) is 0 Å². The molecule has 0 amide bonds. The van der Waals surface area contributed by atoms with Crippen LogP contribution in [0.5, 0.6) is 0 Å².